The molecule has 44 valence electrons. The van der Waals surface area contributed by atoms with Crippen molar-refractivity contribution in [3.05, 3.63) is 0 Å². The van der Waals surface area contributed by atoms with Crippen LogP contribution in [-0.4, -0.2) is 9.04 Å². The molecule has 0 aliphatic carbocycles. The molecule has 0 bridgehead atoms. The summed E-state index contributed by atoms with van der Waals surface area (Å²) in [6.45, 7) is 3.60. The van der Waals surface area contributed by atoms with Crippen LogP contribution in [0.25, 0.3) is 0 Å². The highest BCUT2D eigenvalue weighted by atomic mass is 32.2. The predicted octanol–water partition coefficient (Wildman–Crippen LogP) is 0.220. The summed E-state index contributed by atoms with van der Waals surface area (Å²) in [5.74, 6) is 0. The summed E-state index contributed by atoms with van der Waals surface area (Å²) in [5, 5.41) is 5.02. The Bertz CT molecular complexity index is 60.4. The highest BCUT2D eigenvalue weighted by Crippen LogP contribution is 2.20. The van der Waals surface area contributed by atoms with Gasteiger partial charge in [-0.15, -0.1) is 0 Å². The first kappa shape index (κ1) is 7.70. The molecule has 0 aromatic rings. The van der Waals surface area contributed by atoms with Crippen LogP contribution in [0.4, 0.5) is 0 Å². The SMILES string of the molecule is CC(C)(P)[S@+](N)[O-]. The first-order chi connectivity index (χ1) is 2.94. The molecular weight excluding hydrogens is 129 g/mol. The molecule has 1 unspecified atom stereocenters. The third kappa shape index (κ3) is 3.30. The van der Waals surface area contributed by atoms with Gasteiger partial charge in [-0.25, -0.2) is 0 Å². The average Bonchev–Trinajstić information content (AvgIpc) is 1.31. The summed E-state index contributed by atoms with van der Waals surface area (Å²) >= 11 is -1.22. The van der Waals surface area contributed by atoms with Crippen LogP contribution in [-0.2, 0) is 11.4 Å². The molecule has 0 fully saturated rings. The average molecular weight is 139 g/mol. The number of hydrogen-bond acceptors (Lipinski definition) is 2. The minimum absolute atomic E-state index is 0.333. The van der Waals surface area contributed by atoms with E-state index in [0.29, 0.717) is 0 Å². The van der Waals surface area contributed by atoms with Gasteiger partial charge < -0.3 is 4.55 Å². The molecular formula is C3H10NOPS. The van der Waals surface area contributed by atoms with E-state index in [1.54, 1.807) is 13.8 Å². The van der Waals surface area contributed by atoms with Crippen LogP contribution in [0.1, 0.15) is 13.8 Å². The maximum atomic E-state index is 10.3. The molecule has 0 aliphatic heterocycles. The van der Waals surface area contributed by atoms with Gasteiger partial charge in [0.2, 0.25) is 0 Å². The maximum Gasteiger partial charge on any atom is 0.150 e. The summed E-state index contributed by atoms with van der Waals surface area (Å²) in [6.07, 6.45) is 0. The third-order valence-electron chi connectivity index (χ3n) is 0.519. The van der Waals surface area contributed by atoms with E-state index in [1.807, 2.05) is 0 Å². The molecule has 2 nitrogen and oxygen atoms in total. The molecule has 0 saturated heterocycles. The molecule has 0 spiro atoms. The van der Waals surface area contributed by atoms with Crippen LogP contribution in [0.5, 0.6) is 0 Å². The van der Waals surface area contributed by atoms with E-state index in [4.69, 9.17) is 5.14 Å². The Morgan fingerprint density at radius 2 is 1.86 bits per heavy atom. The van der Waals surface area contributed by atoms with E-state index in [-0.39, 0.29) is 4.49 Å². The van der Waals surface area contributed by atoms with Crippen LogP contribution < -0.4 is 5.14 Å². The monoisotopic (exact) mass is 139 g/mol. The van der Waals surface area contributed by atoms with Crippen molar-refractivity contribution in [1.29, 1.82) is 0 Å². The Kier molecular flexibility index (Phi) is 2.54. The zero-order valence-corrected chi connectivity index (χ0v) is 6.44. The van der Waals surface area contributed by atoms with Crippen LogP contribution in [0.3, 0.4) is 0 Å². The second kappa shape index (κ2) is 2.31. The first-order valence-corrected chi connectivity index (χ1v) is 3.69. The summed E-state index contributed by atoms with van der Waals surface area (Å²) in [7, 11) is 2.41. The van der Waals surface area contributed by atoms with E-state index in [2.05, 4.69) is 9.24 Å². The van der Waals surface area contributed by atoms with Gasteiger partial charge in [-0.1, -0.05) is 9.24 Å². The van der Waals surface area contributed by atoms with Crippen molar-refractivity contribution < 1.29 is 4.55 Å². The van der Waals surface area contributed by atoms with Crippen LogP contribution in [0.2, 0.25) is 0 Å². The lowest BCUT2D eigenvalue weighted by Crippen LogP contribution is -2.31. The molecule has 0 amide bonds. The lowest BCUT2D eigenvalue weighted by atomic mass is 10.5. The molecule has 4 heteroatoms. The molecule has 0 radical (unpaired) electrons. The van der Waals surface area contributed by atoms with Crippen molar-refractivity contribution in [3.8, 4) is 0 Å². The lowest BCUT2D eigenvalue weighted by Gasteiger charge is -2.17. The van der Waals surface area contributed by atoms with E-state index in [0.717, 1.165) is 0 Å². The molecule has 2 atom stereocenters. The highest BCUT2D eigenvalue weighted by Gasteiger charge is 2.21. The second-order valence-electron chi connectivity index (χ2n) is 1.90. The van der Waals surface area contributed by atoms with Crippen LogP contribution >= 0.6 is 9.24 Å². The number of hydrogen-bond donors (Lipinski definition) is 1. The zero-order valence-electron chi connectivity index (χ0n) is 4.47. The Morgan fingerprint density at radius 3 is 1.86 bits per heavy atom. The van der Waals surface area contributed by atoms with Gasteiger partial charge in [0.25, 0.3) is 0 Å². The summed E-state index contributed by atoms with van der Waals surface area (Å²) in [4.78, 5) is 0. The van der Waals surface area contributed by atoms with Gasteiger partial charge in [-0.3, -0.25) is 0 Å². The van der Waals surface area contributed by atoms with E-state index in [1.165, 1.54) is 0 Å². The van der Waals surface area contributed by atoms with E-state index < -0.39 is 11.4 Å². The molecule has 0 aromatic carbocycles. The smallest absolute Gasteiger partial charge is 0.150 e. The van der Waals surface area contributed by atoms with Crippen LogP contribution in [0, 0.1) is 0 Å². The molecule has 0 heterocycles. The molecule has 0 saturated carbocycles. The van der Waals surface area contributed by atoms with Crippen LogP contribution in [0.15, 0.2) is 0 Å². The minimum atomic E-state index is -1.22. The Morgan fingerprint density at radius 1 is 1.71 bits per heavy atom. The summed E-state index contributed by atoms with van der Waals surface area (Å²) in [6, 6.07) is 0. The summed E-state index contributed by atoms with van der Waals surface area (Å²) in [5.41, 5.74) is 0. The standard InChI is InChI=1S/C3H10NOPS/c1-3(2,6)7(4)5/h4,6H2,1-2H3/t7-/m1/s1. The fourth-order valence-corrected chi connectivity index (χ4v) is 0. The topological polar surface area (TPSA) is 49.1 Å². The van der Waals surface area contributed by atoms with E-state index >= 15 is 0 Å². The van der Waals surface area contributed by atoms with Crippen molar-refractivity contribution in [2.75, 3.05) is 0 Å². The highest BCUT2D eigenvalue weighted by molar-refractivity contribution is 7.94. The van der Waals surface area contributed by atoms with Gasteiger partial charge in [-0.2, -0.15) is 5.14 Å². The van der Waals surface area contributed by atoms with Gasteiger partial charge in [0.15, 0.2) is 4.49 Å². The van der Waals surface area contributed by atoms with Gasteiger partial charge in [0.1, 0.15) is 0 Å². The minimum Gasteiger partial charge on any atom is -0.598 e. The van der Waals surface area contributed by atoms with Crippen molar-refractivity contribution >= 4 is 20.6 Å². The van der Waals surface area contributed by atoms with Crippen molar-refractivity contribution in [2.45, 2.75) is 18.3 Å². The second-order valence-corrected chi connectivity index (χ2v) is 5.41. The van der Waals surface area contributed by atoms with Crippen molar-refractivity contribution in [1.82, 2.24) is 0 Å². The van der Waals surface area contributed by atoms with Crippen molar-refractivity contribution in [2.24, 2.45) is 5.14 Å². The largest absolute Gasteiger partial charge is 0.598 e. The van der Waals surface area contributed by atoms with E-state index in [9.17, 15) is 4.55 Å². The van der Waals surface area contributed by atoms with Gasteiger partial charge >= 0.3 is 0 Å². The maximum absolute atomic E-state index is 10.3. The first-order valence-electron chi connectivity index (χ1n) is 1.90. The van der Waals surface area contributed by atoms with Crippen molar-refractivity contribution in [3.63, 3.8) is 0 Å². The fraction of sp³-hybridized carbons (Fsp3) is 1.00. The fourth-order valence-electron chi connectivity index (χ4n) is 0. The summed E-state index contributed by atoms with van der Waals surface area (Å²) < 4.78 is 10.0. The zero-order chi connectivity index (χ0) is 6.08. The quantitative estimate of drug-likeness (QED) is 0.417. The Labute approximate surface area is 49.4 Å². The predicted molar refractivity (Wildman–Crippen MR) is 36.1 cm³/mol. The van der Waals surface area contributed by atoms with Gasteiger partial charge in [-0.05, 0) is 13.8 Å². The normalized spacial score (nSPS) is 16.7. The molecule has 0 rings (SSSR count). The molecule has 0 aliphatic rings. The number of rotatable bonds is 1. The molecule has 2 N–H and O–H groups in total. The number of nitrogens with two attached hydrogens (primary N) is 1. The Hall–Kier alpha value is 0.700. The van der Waals surface area contributed by atoms with Gasteiger partial charge in [0.05, 0.1) is 0 Å². The third-order valence-corrected chi connectivity index (χ3v) is 2.25. The molecule has 0 aromatic heterocycles. The Balaban J connectivity index is 3.54. The lowest BCUT2D eigenvalue weighted by molar-refractivity contribution is 0.583. The van der Waals surface area contributed by atoms with Gasteiger partial charge in [0, 0.05) is 11.4 Å². The molecule has 7 heavy (non-hydrogen) atoms.